The number of amides is 1. The number of hydrogen-bond acceptors (Lipinski definition) is 5. The first-order valence-corrected chi connectivity index (χ1v) is 14.4. The summed E-state index contributed by atoms with van der Waals surface area (Å²) in [6, 6.07) is 10.9. The molecule has 1 amide bonds. The molecule has 3 heterocycles. The van der Waals surface area contributed by atoms with Crippen molar-refractivity contribution >= 4 is 17.6 Å². The SMILES string of the molecule is COc1ccc([C@@H]2CN(C)C[C@@]2(F)C(=O)N2CCC(c3ccc(C(F)(F)F)cc3N3CCC(C(=O)O)CC3)CC2)cc1. The van der Waals surface area contributed by atoms with E-state index >= 15 is 4.39 Å². The number of likely N-dealkylation sites (tertiary alicyclic amines) is 2. The fourth-order valence-electron chi connectivity index (χ4n) is 6.81. The van der Waals surface area contributed by atoms with E-state index in [0.717, 1.165) is 17.2 Å². The molecule has 0 radical (unpaired) electrons. The highest BCUT2D eigenvalue weighted by atomic mass is 19.4. The van der Waals surface area contributed by atoms with Crippen LogP contribution >= 0.6 is 0 Å². The maximum atomic E-state index is 16.6. The number of carbonyl (C=O) groups excluding carboxylic acids is 1. The van der Waals surface area contributed by atoms with Gasteiger partial charge in [-0.25, -0.2) is 4.39 Å². The summed E-state index contributed by atoms with van der Waals surface area (Å²) in [5.74, 6) is -2.03. The topological polar surface area (TPSA) is 73.3 Å². The molecule has 7 nitrogen and oxygen atoms in total. The molecule has 3 saturated heterocycles. The Morgan fingerprint density at radius 1 is 0.976 bits per heavy atom. The first-order chi connectivity index (χ1) is 19.9. The van der Waals surface area contributed by atoms with Crippen molar-refractivity contribution in [2.75, 3.05) is 58.3 Å². The van der Waals surface area contributed by atoms with Crippen molar-refractivity contribution in [3.63, 3.8) is 0 Å². The van der Waals surface area contributed by atoms with Gasteiger partial charge in [-0.2, -0.15) is 13.2 Å². The third-order valence-corrected chi connectivity index (χ3v) is 9.18. The van der Waals surface area contributed by atoms with E-state index in [-0.39, 0.29) is 12.5 Å². The van der Waals surface area contributed by atoms with Gasteiger partial charge in [0.05, 0.1) is 18.6 Å². The molecule has 0 saturated carbocycles. The van der Waals surface area contributed by atoms with Gasteiger partial charge in [0.2, 0.25) is 5.67 Å². The minimum Gasteiger partial charge on any atom is -0.497 e. The lowest BCUT2D eigenvalue weighted by Gasteiger charge is -2.39. The number of piperidine rings is 2. The zero-order valence-electron chi connectivity index (χ0n) is 23.9. The smallest absolute Gasteiger partial charge is 0.416 e. The number of alkyl halides is 4. The molecule has 3 aliphatic heterocycles. The van der Waals surface area contributed by atoms with E-state index in [2.05, 4.69) is 0 Å². The van der Waals surface area contributed by atoms with Gasteiger partial charge in [0.25, 0.3) is 5.91 Å². The third-order valence-electron chi connectivity index (χ3n) is 9.18. The Bertz CT molecular complexity index is 1290. The second kappa shape index (κ2) is 11.7. The van der Waals surface area contributed by atoms with Crippen LogP contribution in [-0.2, 0) is 15.8 Å². The summed E-state index contributed by atoms with van der Waals surface area (Å²) in [5.41, 5.74) is -0.882. The molecule has 0 aliphatic carbocycles. The van der Waals surface area contributed by atoms with Crippen LogP contribution in [0.3, 0.4) is 0 Å². The number of halogens is 4. The van der Waals surface area contributed by atoms with Crippen molar-refractivity contribution < 1.29 is 37.0 Å². The average Bonchev–Trinajstić information content (AvgIpc) is 3.30. The first kappa shape index (κ1) is 30.1. The van der Waals surface area contributed by atoms with Crippen LogP contribution in [0.25, 0.3) is 0 Å². The number of hydrogen-bond donors (Lipinski definition) is 1. The zero-order chi connectivity index (χ0) is 30.2. The number of carboxylic acid groups (broad SMARTS) is 1. The minimum absolute atomic E-state index is 0.0161. The number of nitrogens with zero attached hydrogens (tertiary/aromatic N) is 3. The van der Waals surface area contributed by atoms with Gasteiger partial charge in [-0.3, -0.25) is 9.59 Å². The van der Waals surface area contributed by atoms with E-state index in [4.69, 9.17) is 4.74 Å². The minimum atomic E-state index is -4.51. The average molecular weight is 592 g/mol. The zero-order valence-corrected chi connectivity index (χ0v) is 23.9. The molecule has 2 aromatic carbocycles. The number of carbonyl (C=O) groups is 2. The Labute approximate surface area is 243 Å². The monoisotopic (exact) mass is 591 g/mol. The molecule has 3 aliphatic rings. The Morgan fingerprint density at radius 3 is 2.19 bits per heavy atom. The van der Waals surface area contributed by atoms with Gasteiger partial charge in [-0.05, 0) is 74.0 Å². The fourth-order valence-corrected chi connectivity index (χ4v) is 6.81. The summed E-state index contributed by atoms with van der Waals surface area (Å²) >= 11 is 0. The van der Waals surface area contributed by atoms with Crippen molar-refractivity contribution in [3.8, 4) is 5.75 Å². The van der Waals surface area contributed by atoms with Gasteiger partial charge < -0.3 is 24.5 Å². The summed E-state index contributed by atoms with van der Waals surface area (Å²) in [5, 5.41) is 9.35. The predicted molar refractivity (Wildman–Crippen MR) is 150 cm³/mol. The highest BCUT2D eigenvalue weighted by Crippen LogP contribution is 2.43. The molecule has 2 aromatic rings. The quantitative estimate of drug-likeness (QED) is 0.468. The highest BCUT2D eigenvalue weighted by Gasteiger charge is 2.54. The normalized spacial score (nSPS) is 24.7. The molecule has 42 heavy (non-hydrogen) atoms. The molecule has 0 spiro atoms. The Kier molecular flexibility index (Phi) is 8.42. The van der Waals surface area contributed by atoms with Crippen molar-refractivity contribution in [1.29, 1.82) is 0 Å². The van der Waals surface area contributed by atoms with Crippen LogP contribution in [0.4, 0.5) is 23.2 Å². The van der Waals surface area contributed by atoms with Gasteiger partial charge >= 0.3 is 12.1 Å². The van der Waals surface area contributed by atoms with Crippen molar-refractivity contribution in [1.82, 2.24) is 9.80 Å². The van der Waals surface area contributed by atoms with Crippen LogP contribution < -0.4 is 9.64 Å². The standard InChI is InChI=1S/C31H37F4N3O4/c1-36-18-26(21-3-6-24(42-2)7-4-21)30(32,19-36)29(41)38-15-9-20(10-16-38)25-8-5-23(31(33,34)35)17-27(25)37-13-11-22(12-14-37)28(39)40/h3-8,17,20,22,26H,9-16,18-19H2,1-2H3,(H,39,40)/t26-,30-/m0/s1. The largest absolute Gasteiger partial charge is 0.497 e. The Balaban J connectivity index is 1.32. The van der Waals surface area contributed by atoms with Crippen molar-refractivity contribution in [2.24, 2.45) is 5.92 Å². The molecule has 0 aromatic heterocycles. The van der Waals surface area contributed by atoms with Crippen LogP contribution in [0, 0.1) is 5.92 Å². The van der Waals surface area contributed by atoms with E-state index in [0.29, 0.717) is 69.8 Å². The van der Waals surface area contributed by atoms with Crippen LogP contribution in [0.1, 0.15) is 54.2 Å². The summed E-state index contributed by atoms with van der Waals surface area (Å²) in [4.78, 5) is 30.3. The molecule has 11 heteroatoms. The van der Waals surface area contributed by atoms with E-state index in [1.54, 1.807) is 43.3 Å². The maximum absolute atomic E-state index is 16.6. The highest BCUT2D eigenvalue weighted by molar-refractivity contribution is 5.87. The lowest BCUT2D eigenvalue weighted by molar-refractivity contribution is -0.145. The van der Waals surface area contributed by atoms with E-state index < -0.39 is 41.1 Å². The van der Waals surface area contributed by atoms with Crippen LogP contribution in [0.2, 0.25) is 0 Å². The number of likely N-dealkylation sites (N-methyl/N-ethyl adjacent to an activating group) is 1. The summed E-state index contributed by atoms with van der Waals surface area (Å²) in [7, 11) is 3.35. The lowest BCUT2D eigenvalue weighted by Crippen LogP contribution is -2.52. The molecule has 1 N–H and O–H groups in total. The maximum Gasteiger partial charge on any atom is 0.416 e. The van der Waals surface area contributed by atoms with Crippen LogP contribution in [0.15, 0.2) is 42.5 Å². The van der Waals surface area contributed by atoms with E-state index in [1.165, 1.54) is 12.1 Å². The Hall–Kier alpha value is -3.34. The third kappa shape index (κ3) is 5.93. The molecule has 0 bridgehead atoms. The molecule has 0 unspecified atom stereocenters. The van der Waals surface area contributed by atoms with Gasteiger partial charge in [0.15, 0.2) is 0 Å². The lowest BCUT2D eigenvalue weighted by atomic mass is 9.83. The second-order valence-electron chi connectivity index (χ2n) is 11.8. The number of benzene rings is 2. The van der Waals surface area contributed by atoms with E-state index in [9.17, 15) is 27.9 Å². The summed E-state index contributed by atoms with van der Waals surface area (Å²) < 4.78 is 62.7. The van der Waals surface area contributed by atoms with E-state index in [1.807, 2.05) is 9.80 Å². The number of anilines is 1. The summed E-state index contributed by atoms with van der Waals surface area (Å²) in [6.45, 7) is 1.70. The van der Waals surface area contributed by atoms with Crippen molar-refractivity contribution in [2.45, 2.75) is 49.4 Å². The molecule has 2 atom stereocenters. The number of aliphatic carboxylic acids is 1. The fraction of sp³-hybridized carbons (Fsp3) is 0.548. The van der Waals surface area contributed by atoms with Gasteiger partial charge in [-0.15, -0.1) is 0 Å². The predicted octanol–water partition coefficient (Wildman–Crippen LogP) is 5.16. The molecular weight excluding hydrogens is 554 g/mol. The molecule has 3 fully saturated rings. The van der Waals surface area contributed by atoms with Gasteiger partial charge in [-0.1, -0.05) is 18.2 Å². The number of methoxy groups -OCH3 is 1. The number of ether oxygens (including phenoxy) is 1. The molecule has 5 rings (SSSR count). The van der Waals surface area contributed by atoms with Crippen molar-refractivity contribution in [3.05, 3.63) is 59.2 Å². The number of rotatable bonds is 6. The van der Waals surface area contributed by atoms with Crippen LogP contribution in [0.5, 0.6) is 5.75 Å². The second-order valence-corrected chi connectivity index (χ2v) is 11.8. The van der Waals surface area contributed by atoms with Gasteiger partial charge in [0.1, 0.15) is 5.75 Å². The molecule has 228 valence electrons. The number of carboxylic acids is 1. The first-order valence-electron chi connectivity index (χ1n) is 14.4. The summed E-state index contributed by atoms with van der Waals surface area (Å²) in [6.07, 6.45) is -2.79. The van der Waals surface area contributed by atoms with Gasteiger partial charge in [0, 0.05) is 50.9 Å². The van der Waals surface area contributed by atoms with Crippen LogP contribution in [-0.4, -0.2) is 85.9 Å². The molecular formula is C31H37F4N3O4. The Morgan fingerprint density at radius 2 is 1.62 bits per heavy atom.